The Bertz CT molecular complexity index is 425. The molecule has 3 nitrogen and oxygen atoms in total. The molecule has 1 fully saturated rings. The molecule has 0 saturated carbocycles. The molecule has 0 radical (unpaired) electrons. The minimum Gasteiger partial charge on any atom is -0.496 e. The van der Waals surface area contributed by atoms with Crippen LogP contribution in [0, 0.1) is 0 Å². The number of ether oxygens (including phenoxy) is 2. The first-order chi connectivity index (χ1) is 9.15. The van der Waals surface area contributed by atoms with Gasteiger partial charge in [-0.25, -0.2) is 0 Å². The van der Waals surface area contributed by atoms with E-state index >= 15 is 0 Å². The number of hydrogen-bond acceptors (Lipinski definition) is 3. The van der Waals surface area contributed by atoms with E-state index in [2.05, 4.69) is 41.2 Å². The van der Waals surface area contributed by atoms with Crippen LogP contribution in [-0.4, -0.2) is 25.9 Å². The Morgan fingerprint density at radius 2 is 2.26 bits per heavy atom. The van der Waals surface area contributed by atoms with Gasteiger partial charge in [0.1, 0.15) is 5.75 Å². The standard InChI is InChI=1S/C15H22BrNO2/c1-4-17-15(14-7-5-10(2)19-14)12-9-11(16)6-8-13(12)18-3/h6,8-10,14-15,17H,4-5,7H2,1-3H3. The predicted octanol–water partition coefficient (Wildman–Crippen LogP) is 3.68. The van der Waals surface area contributed by atoms with Gasteiger partial charge in [0.2, 0.25) is 0 Å². The number of likely N-dealkylation sites (N-methyl/N-ethyl adjacent to an activating group) is 1. The molecule has 1 aliphatic rings. The van der Waals surface area contributed by atoms with E-state index < -0.39 is 0 Å². The SMILES string of the molecule is CCNC(c1cc(Br)ccc1OC)C1CCC(C)O1. The molecule has 0 aliphatic carbocycles. The van der Waals surface area contributed by atoms with E-state index in [-0.39, 0.29) is 12.1 Å². The molecule has 1 N–H and O–H groups in total. The lowest BCUT2D eigenvalue weighted by atomic mass is 9.98. The predicted molar refractivity (Wildman–Crippen MR) is 80.7 cm³/mol. The third-order valence-corrected chi connectivity index (χ3v) is 4.08. The van der Waals surface area contributed by atoms with Crippen molar-refractivity contribution >= 4 is 15.9 Å². The Morgan fingerprint density at radius 3 is 2.84 bits per heavy atom. The highest BCUT2D eigenvalue weighted by Crippen LogP contribution is 2.35. The lowest BCUT2D eigenvalue weighted by Gasteiger charge is -2.26. The van der Waals surface area contributed by atoms with Crippen molar-refractivity contribution in [2.45, 2.75) is 44.9 Å². The maximum absolute atomic E-state index is 6.04. The fourth-order valence-electron chi connectivity index (χ4n) is 2.69. The smallest absolute Gasteiger partial charge is 0.123 e. The van der Waals surface area contributed by atoms with Crippen molar-refractivity contribution < 1.29 is 9.47 Å². The van der Waals surface area contributed by atoms with Gasteiger partial charge in [0.15, 0.2) is 0 Å². The number of nitrogens with one attached hydrogen (secondary N) is 1. The second-order valence-corrected chi connectivity index (χ2v) is 5.90. The van der Waals surface area contributed by atoms with Crippen molar-refractivity contribution in [1.29, 1.82) is 0 Å². The summed E-state index contributed by atoms with van der Waals surface area (Å²) in [5.74, 6) is 0.914. The molecule has 1 heterocycles. The maximum atomic E-state index is 6.04. The van der Waals surface area contributed by atoms with E-state index in [1.54, 1.807) is 7.11 Å². The molecule has 1 aromatic carbocycles. The molecule has 0 amide bonds. The van der Waals surface area contributed by atoms with Crippen LogP contribution in [0.4, 0.5) is 0 Å². The molecule has 19 heavy (non-hydrogen) atoms. The van der Waals surface area contributed by atoms with Gasteiger partial charge in [0.25, 0.3) is 0 Å². The van der Waals surface area contributed by atoms with Crippen LogP contribution in [0.2, 0.25) is 0 Å². The average molecular weight is 328 g/mol. The minimum atomic E-state index is 0.183. The van der Waals surface area contributed by atoms with Gasteiger partial charge in [0.05, 0.1) is 25.4 Å². The lowest BCUT2D eigenvalue weighted by molar-refractivity contribution is 0.0314. The maximum Gasteiger partial charge on any atom is 0.123 e. The summed E-state index contributed by atoms with van der Waals surface area (Å²) in [5.41, 5.74) is 1.16. The second kappa shape index (κ2) is 6.73. The van der Waals surface area contributed by atoms with Crippen molar-refractivity contribution in [3.63, 3.8) is 0 Å². The van der Waals surface area contributed by atoms with Crippen LogP contribution in [-0.2, 0) is 4.74 Å². The molecule has 1 aliphatic heterocycles. The normalized spacial score (nSPS) is 24.4. The molecule has 3 unspecified atom stereocenters. The Balaban J connectivity index is 2.30. The number of halogens is 1. The van der Waals surface area contributed by atoms with Crippen LogP contribution in [0.5, 0.6) is 5.75 Å². The summed E-state index contributed by atoms with van der Waals surface area (Å²) < 4.78 is 12.6. The largest absolute Gasteiger partial charge is 0.496 e. The van der Waals surface area contributed by atoms with Crippen LogP contribution in [0.3, 0.4) is 0 Å². The van der Waals surface area contributed by atoms with Gasteiger partial charge < -0.3 is 14.8 Å². The summed E-state index contributed by atoms with van der Waals surface area (Å²) in [6, 6.07) is 6.31. The molecule has 106 valence electrons. The van der Waals surface area contributed by atoms with Gasteiger partial charge in [-0.2, -0.15) is 0 Å². The van der Waals surface area contributed by atoms with E-state index in [9.17, 15) is 0 Å². The summed E-state index contributed by atoms with van der Waals surface area (Å²) in [4.78, 5) is 0. The fraction of sp³-hybridized carbons (Fsp3) is 0.600. The van der Waals surface area contributed by atoms with Crippen LogP contribution in [0.25, 0.3) is 0 Å². The summed E-state index contributed by atoms with van der Waals surface area (Å²) in [6.07, 6.45) is 2.79. The minimum absolute atomic E-state index is 0.183. The van der Waals surface area contributed by atoms with Crippen molar-refractivity contribution in [3.8, 4) is 5.75 Å². The zero-order chi connectivity index (χ0) is 13.8. The Morgan fingerprint density at radius 1 is 1.47 bits per heavy atom. The van der Waals surface area contributed by atoms with E-state index in [1.807, 2.05) is 12.1 Å². The number of rotatable bonds is 5. The monoisotopic (exact) mass is 327 g/mol. The number of hydrogen-bond donors (Lipinski definition) is 1. The van der Waals surface area contributed by atoms with Gasteiger partial charge in [0, 0.05) is 10.0 Å². The highest BCUT2D eigenvalue weighted by molar-refractivity contribution is 9.10. The fourth-order valence-corrected chi connectivity index (χ4v) is 3.07. The molecule has 0 aromatic heterocycles. The molecular formula is C15H22BrNO2. The van der Waals surface area contributed by atoms with Crippen LogP contribution >= 0.6 is 15.9 Å². The summed E-state index contributed by atoms with van der Waals surface area (Å²) >= 11 is 3.54. The zero-order valence-electron chi connectivity index (χ0n) is 11.8. The molecule has 1 saturated heterocycles. The summed E-state index contributed by atoms with van der Waals surface area (Å²) in [5, 5.41) is 3.54. The van der Waals surface area contributed by atoms with Crippen molar-refractivity contribution in [2.75, 3.05) is 13.7 Å². The first-order valence-electron chi connectivity index (χ1n) is 6.88. The van der Waals surface area contributed by atoms with Crippen LogP contribution in [0.1, 0.15) is 38.3 Å². The second-order valence-electron chi connectivity index (χ2n) is 4.98. The van der Waals surface area contributed by atoms with E-state index in [0.717, 1.165) is 35.2 Å². The van der Waals surface area contributed by atoms with Crippen molar-refractivity contribution in [1.82, 2.24) is 5.32 Å². The third kappa shape index (κ3) is 3.50. The van der Waals surface area contributed by atoms with Gasteiger partial charge >= 0.3 is 0 Å². The van der Waals surface area contributed by atoms with Crippen molar-refractivity contribution in [3.05, 3.63) is 28.2 Å². The Hall–Kier alpha value is -0.580. The number of methoxy groups -OCH3 is 1. The van der Waals surface area contributed by atoms with Gasteiger partial charge in [-0.1, -0.05) is 22.9 Å². The highest BCUT2D eigenvalue weighted by Gasteiger charge is 2.31. The molecule has 0 bridgehead atoms. The molecule has 2 rings (SSSR count). The Labute approximate surface area is 123 Å². The van der Waals surface area contributed by atoms with Crippen LogP contribution < -0.4 is 10.1 Å². The first-order valence-corrected chi connectivity index (χ1v) is 7.67. The quantitative estimate of drug-likeness (QED) is 0.894. The molecular weight excluding hydrogens is 306 g/mol. The molecule has 3 atom stereocenters. The van der Waals surface area contributed by atoms with Gasteiger partial charge in [-0.05, 0) is 44.5 Å². The van der Waals surface area contributed by atoms with E-state index in [1.165, 1.54) is 0 Å². The summed E-state index contributed by atoms with van der Waals surface area (Å²) in [6.45, 7) is 5.17. The molecule has 1 aromatic rings. The molecule has 0 spiro atoms. The van der Waals surface area contributed by atoms with E-state index in [0.29, 0.717) is 6.10 Å². The third-order valence-electron chi connectivity index (χ3n) is 3.59. The first kappa shape index (κ1) is 14.8. The van der Waals surface area contributed by atoms with Crippen LogP contribution in [0.15, 0.2) is 22.7 Å². The topological polar surface area (TPSA) is 30.5 Å². The Kier molecular flexibility index (Phi) is 5.25. The average Bonchev–Trinajstić information content (AvgIpc) is 2.82. The zero-order valence-corrected chi connectivity index (χ0v) is 13.4. The van der Waals surface area contributed by atoms with E-state index in [4.69, 9.17) is 9.47 Å². The van der Waals surface area contributed by atoms with Gasteiger partial charge in [-0.3, -0.25) is 0 Å². The summed E-state index contributed by atoms with van der Waals surface area (Å²) in [7, 11) is 1.72. The number of benzene rings is 1. The van der Waals surface area contributed by atoms with Crippen molar-refractivity contribution in [2.24, 2.45) is 0 Å². The molecule has 4 heteroatoms. The lowest BCUT2D eigenvalue weighted by Crippen LogP contribution is -2.32. The van der Waals surface area contributed by atoms with Gasteiger partial charge in [-0.15, -0.1) is 0 Å². The highest BCUT2D eigenvalue weighted by atomic mass is 79.9.